The van der Waals surface area contributed by atoms with E-state index in [1.807, 2.05) is 48.5 Å². The molecule has 1 amide bonds. The third-order valence-corrected chi connectivity index (χ3v) is 6.53. The van der Waals surface area contributed by atoms with Crippen molar-refractivity contribution in [1.29, 1.82) is 0 Å². The summed E-state index contributed by atoms with van der Waals surface area (Å²) in [6.45, 7) is 5.57. The number of nitrogens with one attached hydrogen (secondary N) is 1. The highest BCUT2D eigenvalue weighted by molar-refractivity contribution is 5.87. The maximum absolute atomic E-state index is 13.1. The van der Waals surface area contributed by atoms with Crippen LogP contribution in [0.4, 0.5) is 4.79 Å². The van der Waals surface area contributed by atoms with E-state index < -0.39 is 23.7 Å². The number of pyridine rings is 1. The smallest absolute Gasteiger partial charge is 0.407 e. The van der Waals surface area contributed by atoms with Crippen LogP contribution in [0.1, 0.15) is 43.4 Å². The minimum Gasteiger partial charge on any atom is -0.458 e. The van der Waals surface area contributed by atoms with Gasteiger partial charge in [-0.3, -0.25) is 4.98 Å². The number of hydrogen-bond acceptors (Lipinski definition) is 5. The number of ether oxygens (including phenoxy) is 2. The van der Waals surface area contributed by atoms with Crippen molar-refractivity contribution in [2.24, 2.45) is 0 Å². The largest absolute Gasteiger partial charge is 0.458 e. The Morgan fingerprint density at radius 1 is 0.919 bits per heavy atom. The summed E-state index contributed by atoms with van der Waals surface area (Å²) in [5, 5.41) is 4.70. The van der Waals surface area contributed by atoms with Crippen LogP contribution in [0.5, 0.6) is 0 Å². The molecule has 5 rings (SSSR count). The van der Waals surface area contributed by atoms with Gasteiger partial charge < -0.3 is 14.8 Å². The number of aromatic nitrogens is 1. The Kier molecular flexibility index (Phi) is 6.66. The van der Waals surface area contributed by atoms with Gasteiger partial charge in [0.15, 0.2) is 0 Å². The molecule has 0 spiro atoms. The Hall–Kier alpha value is -4.19. The van der Waals surface area contributed by atoms with Gasteiger partial charge in [-0.05, 0) is 60.0 Å². The van der Waals surface area contributed by atoms with E-state index in [2.05, 4.69) is 34.6 Å². The Morgan fingerprint density at radius 2 is 1.59 bits per heavy atom. The molecule has 1 aromatic heterocycles. The van der Waals surface area contributed by atoms with Crippen molar-refractivity contribution < 1.29 is 19.1 Å². The molecule has 1 aliphatic carbocycles. The summed E-state index contributed by atoms with van der Waals surface area (Å²) in [6.07, 6.45) is 3.09. The van der Waals surface area contributed by atoms with Crippen molar-refractivity contribution in [2.45, 2.75) is 44.8 Å². The fraction of sp³-hybridized carbons (Fsp3) is 0.258. The second-order valence-corrected chi connectivity index (χ2v) is 10.3. The van der Waals surface area contributed by atoms with Gasteiger partial charge in [-0.2, -0.15) is 0 Å². The van der Waals surface area contributed by atoms with Gasteiger partial charge in [0.25, 0.3) is 0 Å². The fourth-order valence-corrected chi connectivity index (χ4v) is 4.92. The van der Waals surface area contributed by atoms with E-state index in [9.17, 15) is 9.59 Å². The van der Waals surface area contributed by atoms with E-state index in [0.29, 0.717) is 0 Å². The Labute approximate surface area is 216 Å². The van der Waals surface area contributed by atoms with Gasteiger partial charge >= 0.3 is 12.1 Å². The zero-order valence-electron chi connectivity index (χ0n) is 21.2. The van der Waals surface area contributed by atoms with Crippen molar-refractivity contribution in [3.8, 4) is 11.1 Å². The summed E-state index contributed by atoms with van der Waals surface area (Å²) in [7, 11) is 0. The van der Waals surface area contributed by atoms with Gasteiger partial charge in [-0.1, -0.05) is 66.7 Å². The highest BCUT2D eigenvalue weighted by atomic mass is 16.6. The molecule has 1 atom stereocenters. The molecular weight excluding hydrogens is 464 g/mol. The van der Waals surface area contributed by atoms with Gasteiger partial charge in [-0.15, -0.1) is 0 Å². The summed E-state index contributed by atoms with van der Waals surface area (Å²) in [5.41, 5.74) is 4.76. The molecule has 1 heterocycles. The number of fused-ring (bicyclic) bond motifs is 4. The van der Waals surface area contributed by atoms with Crippen molar-refractivity contribution in [1.82, 2.24) is 10.3 Å². The number of nitrogens with zero attached hydrogens (tertiary/aromatic N) is 1. The molecule has 1 unspecified atom stereocenters. The predicted octanol–water partition coefficient (Wildman–Crippen LogP) is 6.03. The SMILES string of the molecule is CC(C)(C)OC(=O)C(Cc1cccc2ccncc12)NC(=O)OCC1c2ccccc2-c2ccccc21. The lowest BCUT2D eigenvalue weighted by atomic mass is 9.98. The summed E-state index contributed by atoms with van der Waals surface area (Å²) in [5.74, 6) is -0.579. The molecule has 0 saturated carbocycles. The van der Waals surface area contributed by atoms with E-state index >= 15 is 0 Å². The highest BCUT2D eigenvalue weighted by Gasteiger charge is 2.31. The van der Waals surface area contributed by atoms with E-state index in [1.54, 1.807) is 33.2 Å². The van der Waals surface area contributed by atoms with Crippen LogP contribution in [-0.4, -0.2) is 35.3 Å². The van der Waals surface area contributed by atoms with E-state index in [-0.39, 0.29) is 18.9 Å². The lowest BCUT2D eigenvalue weighted by Gasteiger charge is -2.25. The van der Waals surface area contributed by atoms with Crippen LogP contribution in [0.15, 0.2) is 85.2 Å². The van der Waals surface area contributed by atoms with Crippen molar-refractivity contribution in [2.75, 3.05) is 6.61 Å². The summed E-state index contributed by atoms with van der Waals surface area (Å²) in [6, 6.07) is 23.2. The zero-order chi connectivity index (χ0) is 26.0. The minimum absolute atomic E-state index is 0.0673. The molecule has 0 saturated heterocycles. The number of carbonyl (C=O) groups excluding carboxylic acids is 2. The maximum Gasteiger partial charge on any atom is 0.407 e. The molecule has 37 heavy (non-hydrogen) atoms. The van der Waals surface area contributed by atoms with E-state index in [0.717, 1.165) is 38.6 Å². The summed E-state index contributed by atoms with van der Waals surface area (Å²) >= 11 is 0. The van der Waals surface area contributed by atoms with Crippen LogP contribution < -0.4 is 5.32 Å². The Balaban J connectivity index is 1.34. The highest BCUT2D eigenvalue weighted by Crippen LogP contribution is 2.44. The molecule has 6 heteroatoms. The number of benzene rings is 3. The first-order valence-electron chi connectivity index (χ1n) is 12.5. The third kappa shape index (κ3) is 5.33. The zero-order valence-corrected chi connectivity index (χ0v) is 21.2. The van der Waals surface area contributed by atoms with Crippen molar-refractivity contribution in [3.63, 3.8) is 0 Å². The first kappa shape index (κ1) is 24.5. The first-order chi connectivity index (χ1) is 17.8. The minimum atomic E-state index is -0.916. The molecule has 3 aromatic carbocycles. The van der Waals surface area contributed by atoms with Crippen molar-refractivity contribution >= 4 is 22.8 Å². The van der Waals surface area contributed by atoms with Crippen LogP contribution in [0, 0.1) is 0 Å². The van der Waals surface area contributed by atoms with Gasteiger partial charge in [0, 0.05) is 30.1 Å². The third-order valence-electron chi connectivity index (χ3n) is 6.53. The summed E-state index contributed by atoms with van der Waals surface area (Å²) in [4.78, 5) is 30.3. The Bertz CT molecular complexity index is 1410. The van der Waals surface area contributed by atoms with E-state index in [1.165, 1.54) is 0 Å². The second kappa shape index (κ2) is 10.1. The maximum atomic E-state index is 13.1. The lowest BCUT2D eigenvalue weighted by Crippen LogP contribution is -2.46. The average Bonchev–Trinajstić information content (AvgIpc) is 3.20. The molecular formula is C31H30N2O4. The molecule has 0 bridgehead atoms. The topological polar surface area (TPSA) is 77.5 Å². The number of amides is 1. The molecule has 0 fully saturated rings. The second-order valence-electron chi connectivity index (χ2n) is 10.3. The van der Waals surface area contributed by atoms with Crippen molar-refractivity contribution in [3.05, 3.63) is 102 Å². The Morgan fingerprint density at radius 3 is 2.27 bits per heavy atom. The van der Waals surface area contributed by atoms with Gasteiger partial charge in [0.2, 0.25) is 0 Å². The molecule has 0 aliphatic heterocycles. The van der Waals surface area contributed by atoms with Crippen LogP contribution in [0.3, 0.4) is 0 Å². The molecule has 6 nitrogen and oxygen atoms in total. The number of rotatable bonds is 6. The normalized spacial score (nSPS) is 13.5. The average molecular weight is 495 g/mol. The molecule has 1 N–H and O–H groups in total. The van der Waals surface area contributed by atoms with Gasteiger partial charge in [0.05, 0.1) is 0 Å². The fourth-order valence-electron chi connectivity index (χ4n) is 4.92. The molecule has 0 radical (unpaired) electrons. The number of alkyl carbamates (subject to hydrolysis) is 1. The molecule has 188 valence electrons. The van der Waals surface area contributed by atoms with E-state index in [4.69, 9.17) is 9.47 Å². The standard InChI is InChI=1S/C31H30N2O4/c1-31(2,3)37-29(34)28(17-21-10-8-9-20-15-16-32-18-26(20)21)33-30(35)36-19-27-24-13-6-4-11-22(24)23-12-5-7-14-25(23)27/h4-16,18,27-28H,17,19H2,1-3H3,(H,33,35). The molecule has 1 aliphatic rings. The quantitative estimate of drug-likeness (QED) is 0.331. The van der Waals surface area contributed by atoms with Gasteiger partial charge in [0.1, 0.15) is 18.2 Å². The van der Waals surface area contributed by atoms with Gasteiger partial charge in [-0.25, -0.2) is 9.59 Å². The number of carbonyl (C=O) groups is 2. The number of esters is 1. The predicted molar refractivity (Wildman–Crippen MR) is 143 cm³/mol. The van der Waals surface area contributed by atoms with Crippen LogP contribution in [0.25, 0.3) is 21.9 Å². The summed E-state index contributed by atoms with van der Waals surface area (Å²) < 4.78 is 11.3. The lowest BCUT2D eigenvalue weighted by molar-refractivity contribution is -0.157. The van der Waals surface area contributed by atoms with Crippen LogP contribution in [-0.2, 0) is 20.7 Å². The van der Waals surface area contributed by atoms with Crippen LogP contribution >= 0.6 is 0 Å². The molecule has 4 aromatic rings. The monoisotopic (exact) mass is 494 g/mol. The first-order valence-corrected chi connectivity index (χ1v) is 12.5. The number of hydrogen-bond donors (Lipinski definition) is 1. The van der Waals surface area contributed by atoms with Crippen LogP contribution in [0.2, 0.25) is 0 Å².